The van der Waals surface area contributed by atoms with Crippen LogP contribution in [-0.2, 0) is 4.74 Å². The molecule has 0 bridgehead atoms. The molecule has 4 nitrogen and oxygen atoms in total. The zero-order valence-electron chi connectivity index (χ0n) is 10.7. The van der Waals surface area contributed by atoms with Crippen molar-refractivity contribution >= 4 is 23.0 Å². The van der Waals surface area contributed by atoms with E-state index in [1.54, 1.807) is 19.2 Å². The number of methoxy groups -OCH3 is 1. The van der Waals surface area contributed by atoms with Crippen LogP contribution in [0.3, 0.4) is 0 Å². The van der Waals surface area contributed by atoms with Crippen LogP contribution in [0.25, 0.3) is 0 Å². The summed E-state index contributed by atoms with van der Waals surface area (Å²) in [5, 5.41) is 6.33. The van der Waals surface area contributed by atoms with E-state index in [1.807, 2.05) is 6.92 Å². The number of benzene rings is 1. The molecule has 1 unspecified atom stereocenters. The summed E-state index contributed by atoms with van der Waals surface area (Å²) in [5.41, 5.74) is 0.684. The molecule has 1 aromatic rings. The molecule has 0 fully saturated rings. The molecule has 0 amide bonds. The van der Waals surface area contributed by atoms with E-state index < -0.39 is 6.61 Å². The molecule has 19 heavy (non-hydrogen) atoms. The SMILES string of the molecule is COC(C)CNC(=S)Nc1ccc(OC(F)F)cc1. The van der Waals surface area contributed by atoms with Crippen LogP contribution in [0.2, 0.25) is 0 Å². The third-order valence-electron chi connectivity index (χ3n) is 2.29. The quantitative estimate of drug-likeness (QED) is 0.788. The second-order valence-corrected chi connectivity index (χ2v) is 4.19. The minimum Gasteiger partial charge on any atom is -0.435 e. The zero-order valence-corrected chi connectivity index (χ0v) is 11.5. The molecule has 0 aliphatic rings. The third kappa shape index (κ3) is 6.30. The van der Waals surface area contributed by atoms with Gasteiger partial charge in [0.1, 0.15) is 5.75 Å². The Balaban J connectivity index is 2.42. The minimum absolute atomic E-state index is 0.0431. The topological polar surface area (TPSA) is 42.5 Å². The largest absolute Gasteiger partial charge is 0.435 e. The van der Waals surface area contributed by atoms with Gasteiger partial charge in [-0.15, -0.1) is 0 Å². The van der Waals surface area contributed by atoms with E-state index in [9.17, 15) is 8.78 Å². The van der Waals surface area contributed by atoms with Gasteiger partial charge in [-0.3, -0.25) is 0 Å². The third-order valence-corrected chi connectivity index (χ3v) is 2.54. The highest BCUT2D eigenvalue weighted by Crippen LogP contribution is 2.17. The van der Waals surface area contributed by atoms with E-state index in [0.717, 1.165) is 0 Å². The molecular weight excluding hydrogens is 274 g/mol. The van der Waals surface area contributed by atoms with Gasteiger partial charge >= 0.3 is 6.61 Å². The Bertz CT molecular complexity index is 401. The van der Waals surface area contributed by atoms with Crippen LogP contribution in [0, 0.1) is 0 Å². The van der Waals surface area contributed by atoms with Crippen molar-refractivity contribution in [3.05, 3.63) is 24.3 Å². The summed E-state index contributed by atoms with van der Waals surface area (Å²) in [7, 11) is 1.62. The monoisotopic (exact) mass is 290 g/mol. The first-order chi connectivity index (χ1) is 9.01. The molecule has 0 saturated heterocycles. The molecular formula is C12H16F2N2O2S. The lowest BCUT2D eigenvalue weighted by atomic mass is 10.3. The van der Waals surface area contributed by atoms with Gasteiger partial charge in [0, 0.05) is 19.3 Å². The summed E-state index contributed by atoms with van der Waals surface area (Å²) in [6.45, 7) is -0.335. The van der Waals surface area contributed by atoms with E-state index in [2.05, 4.69) is 15.4 Å². The van der Waals surface area contributed by atoms with Crippen molar-refractivity contribution in [2.75, 3.05) is 19.0 Å². The Morgan fingerprint density at radius 1 is 1.32 bits per heavy atom. The molecule has 106 valence electrons. The van der Waals surface area contributed by atoms with Gasteiger partial charge in [0.15, 0.2) is 5.11 Å². The van der Waals surface area contributed by atoms with E-state index >= 15 is 0 Å². The molecule has 1 rings (SSSR count). The summed E-state index contributed by atoms with van der Waals surface area (Å²) in [4.78, 5) is 0. The number of hydrogen-bond donors (Lipinski definition) is 2. The summed E-state index contributed by atoms with van der Waals surface area (Å²) in [5.74, 6) is 0.104. The first-order valence-electron chi connectivity index (χ1n) is 5.63. The number of nitrogens with one attached hydrogen (secondary N) is 2. The highest BCUT2D eigenvalue weighted by atomic mass is 32.1. The predicted octanol–water partition coefficient (Wildman–Crippen LogP) is 2.61. The fraction of sp³-hybridized carbons (Fsp3) is 0.417. The lowest BCUT2D eigenvalue weighted by molar-refractivity contribution is -0.0498. The van der Waals surface area contributed by atoms with Gasteiger partial charge in [-0.1, -0.05) is 0 Å². The number of thiocarbonyl (C=S) groups is 1. The van der Waals surface area contributed by atoms with Crippen LogP contribution in [0.15, 0.2) is 24.3 Å². The van der Waals surface area contributed by atoms with Crippen LogP contribution in [0.5, 0.6) is 5.75 Å². The Morgan fingerprint density at radius 3 is 2.47 bits per heavy atom. The summed E-state index contributed by atoms with van der Waals surface area (Å²) in [6, 6.07) is 6.08. The maximum atomic E-state index is 12.0. The summed E-state index contributed by atoms with van der Waals surface area (Å²) in [6.07, 6.45) is 0.0431. The molecule has 0 saturated carbocycles. The van der Waals surface area contributed by atoms with Crippen LogP contribution in [0.1, 0.15) is 6.92 Å². The summed E-state index contributed by atoms with van der Waals surface area (Å²) >= 11 is 5.08. The van der Waals surface area contributed by atoms with Crippen LogP contribution in [0.4, 0.5) is 14.5 Å². The molecule has 7 heteroatoms. The predicted molar refractivity (Wildman–Crippen MR) is 73.8 cm³/mol. The van der Waals surface area contributed by atoms with E-state index in [0.29, 0.717) is 17.3 Å². The maximum Gasteiger partial charge on any atom is 0.387 e. The minimum atomic E-state index is -2.82. The average molecular weight is 290 g/mol. The highest BCUT2D eigenvalue weighted by molar-refractivity contribution is 7.80. The van der Waals surface area contributed by atoms with Crippen molar-refractivity contribution < 1.29 is 18.3 Å². The number of alkyl halides is 2. The second kappa shape index (κ2) is 7.85. The fourth-order valence-corrected chi connectivity index (χ4v) is 1.42. The Kier molecular flexibility index (Phi) is 6.44. The number of halogens is 2. The van der Waals surface area contributed by atoms with Crippen LogP contribution >= 0.6 is 12.2 Å². The van der Waals surface area contributed by atoms with Gasteiger partial charge in [-0.2, -0.15) is 8.78 Å². The molecule has 1 atom stereocenters. The molecule has 0 heterocycles. The van der Waals surface area contributed by atoms with Crippen molar-refractivity contribution in [3.8, 4) is 5.75 Å². The molecule has 0 aliphatic carbocycles. The van der Waals surface area contributed by atoms with Crippen molar-refractivity contribution in [2.24, 2.45) is 0 Å². The fourth-order valence-electron chi connectivity index (χ4n) is 1.21. The number of ether oxygens (including phenoxy) is 2. The van der Waals surface area contributed by atoms with Crippen molar-refractivity contribution in [1.29, 1.82) is 0 Å². The highest BCUT2D eigenvalue weighted by Gasteiger charge is 2.05. The van der Waals surface area contributed by atoms with Crippen molar-refractivity contribution in [1.82, 2.24) is 5.32 Å². The lowest BCUT2D eigenvalue weighted by Crippen LogP contribution is -2.34. The zero-order chi connectivity index (χ0) is 14.3. The normalized spacial score (nSPS) is 12.1. The van der Waals surface area contributed by atoms with E-state index in [-0.39, 0.29) is 11.9 Å². The number of rotatable bonds is 6. The van der Waals surface area contributed by atoms with Gasteiger partial charge in [-0.25, -0.2) is 0 Å². The molecule has 0 aliphatic heterocycles. The van der Waals surface area contributed by atoms with E-state index in [4.69, 9.17) is 17.0 Å². The Labute approximate surface area is 116 Å². The van der Waals surface area contributed by atoms with Crippen molar-refractivity contribution in [2.45, 2.75) is 19.6 Å². The molecule has 2 N–H and O–H groups in total. The van der Waals surface area contributed by atoms with Gasteiger partial charge in [0.05, 0.1) is 6.10 Å². The van der Waals surface area contributed by atoms with Gasteiger partial charge in [-0.05, 0) is 43.4 Å². The van der Waals surface area contributed by atoms with E-state index in [1.165, 1.54) is 12.1 Å². The molecule has 1 aromatic carbocycles. The number of anilines is 1. The van der Waals surface area contributed by atoms with Crippen LogP contribution in [-0.4, -0.2) is 31.5 Å². The first-order valence-corrected chi connectivity index (χ1v) is 6.04. The lowest BCUT2D eigenvalue weighted by Gasteiger charge is -2.14. The van der Waals surface area contributed by atoms with Crippen molar-refractivity contribution in [3.63, 3.8) is 0 Å². The number of hydrogen-bond acceptors (Lipinski definition) is 3. The second-order valence-electron chi connectivity index (χ2n) is 3.78. The smallest absolute Gasteiger partial charge is 0.387 e. The molecule has 0 aromatic heterocycles. The Morgan fingerprint density at radius 2 is 1.95 bits per heavy atom. The van der Waals surface area contributed by atoms with Gasteiger partial charge < -0.3 is 20.1 Å². The molecule has 0 spiro atoms. The standard InChI is InChI=1S/C12H16F2N2O2S/c1-8(17-2)7-15-12(19)16-9-3-5-10(6-4-9)18-11(13)14/h3-6,8,11H,7H2,1-2H3,(H2,15,16,19). The van der Waals surface area contributed by atoms with Gasteiger partial charge in [0.25, 0.3) is 0 Å². The van der Waals surface area contributed by atoms with Gasteiger partial charge in [0.2, 0.25) is 0 Å². The Hall–Kier alpha value is -1.47. The maximum absolute atomic E-state index is 12.0. The first kappa shape index (κ1) is 15.6. The van der Waals surface area contributed by atoms with Crippen LogP contribution < -0.4 is 15.4 Å². The molecule has 0 radical (unpaired) electrons. The summed E-state index contributed by atoms with van der Waals surface area (Å²) < 4.78 is 33.2. The average Bonchev–Trinajstić information content (AvgIpc) is 2.37.